The fourth-order valence-corrected chi connectivity index (χ4v) is 5.20. The summed E-state index contributed by atoms with van der Waals surface area (Å²) in [5, 5.41) is 13.0. The molecule has 2 unspecified atom stereocenters. The molecule has 156 valence electrons. The van der Waals surface area contributed by atoms with Gasteiger partial charge in [-0.15, -0.1) is 0 Å². The van der Waals surface area contributed by atoms with E-state index in [1.807, 2.05) is 24.3 Å². The first-order chi connectivity index (χ1) is 13.3. The van der Waals surface area contributed by atoms with Crippen molar-refractivity contribution in [2.45, 2.75) is 65.3 Å². The third-order valence-electron chi connectivity index (χ3n) is 6.98. The highest BCUT2D eigenvalue weighted by molar-refractivity contribution is 5.29. The number of hydrogen-bond donors (Lipinski definition) is 1. The van der Waals surface area contributed by atoms with Crippen LogP contribution in [0.4, 0.5) is 0 Å². The highest BCUT2D eigenvalue weighted by Crippen LogP contribution is 2.46. The highest BCUT2D eigenvalue weighted by Gasteiger charge is 2.41. The molecule has 0 aromatic heterocycles. The number of nitrogens with two attached hydrogens (primary N) is 1. The van der Waals surface area contributed by atoms with Gasteiger partial charge in [-0.3, -0.25) is 0 Å². The topological polar surface area (TPSA) is 67.5 Å². The Hall–Kier alpha value is -1.52. The third-order valence-corrected chi connectivity index (χ3v) is 6.98. The summed E-state index contributed by atoms with van der Waals surface area (Å²) in [5.74, 6) is 2.82. The van der Waals surface area contributed by atoms with Crippen LogP contribution in [0.2, 0.25) is 0 Å². The average Bonchev–Trinajstić information content (AvgIpc) is 2.85. The van der Waals surface area contributed by atoms with Crippen molar-refractivity contribution < 1.29 is 14.6 Å². The monoisotopic (exact) mass is 386 g/mol. The Labute approximate surface area is 170 Å². The van der Waals surface area contributed by atoms with E-state index in [0.29, 0.717) is 41.7 Å². The van der Waals surface area contributed by atoms with E-state index < -0.39 is 6.29 Å². The van der Waals surface area contributed by atoms with Crippen molar-refractivity contribution in [2.75, 3.05) is 6.61 Å². The Morgan fingerprint density at radius 3 is 2.57 bits per heavy atom. The Kier molecular flexibility index (Phi) is 7.05. The van der Waals surface area contributed by atoms with Gasteiger partial charge in [-0.2, -0.15) is 0 Å². The summed E-state index contributed by atoms with van der Waals surface area (Å²) in [6, 6.07) is 7.61. The van der Waals surface area contributed by atoms with E-state index >= 15 is 0 Å². The minimum atomic E-state index is -1.06. The molecule has 3 rings (SSSR count). The van der Waals surface area contributed by atoms with Crippen LogP contribution in [0.15, 0.2) is 36.5 Å². The van der Waals surface area contributed by atoms with Gasteiger partial charge < -0.3 is 20.3 Å². The third kappa shape index (κ3) is 5.09. The summed E-state index contributed by atoms with van der Waals surface area (Å²) in [6.07, 6.45) is 4.56. The van der Waals surface area contributed by atoms with Gasteiger partial charge in [0.05, 0.1) is 12.7 Å². The molecule has 1 aliphatic carbocycles. The summed E-state index contributed by atoms with van der Waals surface area (Å²) in [6.45, 7) is 11.1. The van der Waals surface area contributed by atoms with Gasteiger partial charge in [0.2, 0.25) is 0 Å². The van der Waals surface area contributed by atoms with Crippen LogP contribution in [0.1, 0.15) is 52.0 Å². The van der Waals surface area contributed by atoms with Gasteiger partial charge in [0.1, 0.15) is 5.75 Å². The highest BCUT2D eigenvalue weighted by atomic mass is 16.6. The number of fused-ring (bicyclic) bond motifs is 1. The van der Waals surface area contributed by atoms with E-state index in [-0.39, 0.29) is 5.92 Å². The molecular weight excluding hydrogens is 350 g/mol. The maximum Gasteiger partial charge on any atom is 0.117 e. The lowest BCUT2D eigenvalue weighted by Crippen LogP contribution is -2.47. The van der Waals surface area contributed by atoms with Crippen LogP contribution in [-0.4, -0.2) is 19.0 Å². The minimum absolute atomic E-state index is 0.0412. The summed E-state index contributed by atoms with van der Waals surface area (Å²) in [4.78, 5) is 0. The van der Waals surface area contributed by atoms with Crippen LogP contribution in [-0.2, 0) is 11.2 Å². The van der Waals surface area contributed by atoms with Gasteiger partial charge >= 0.3 is 0 Å². The summed E-state index contributed by atoms with van der Waals surface area (Å²) >= 11 is 0. The first-order valence-electron chi connectivity index (χ1n) is 10.8. The van der Waals surface area contributed by atoms with Crippen molar-refractivity contribution in [1.29, 1.82) is 0 Å². The summed E-state index contributed by atoms with van der Waals surface area (Å²) in [7, 11) is 0. The van der Waals surface area contributed by atoms with Crippen molar-refractivity contribution in [3.8, 4) is 5.75 Å². The van der Waals surface area contributed by atoms with Crippen molar-refractivity contribution in [3.05, 3.63) is 42.1 Å². The zero-order valence-electron chi connectivity index (χ0n) is 17.6. The molecule has 1 saturated heterocycles. The molecule has 1 aromatic carbocycles. The van der Waals surface area contributed by atoms with E-state index in [0.717, 1.165) is 30.9 Å². The summed E-state index contributed by atoms with van der Waals surface area (Å²) < 4.78 is 11.9. The van der Waals surface area contributed by atoms with Crippen LogP contribution in [0.25, 0.3) is 0 Å². The van der Waals surface area contributed by atoms with Crippen molar-refractivity contribution in [2.24, 2.45) is 35.3 Å². The van der Waals surface area contributed by atoms with Crippen LogP contribution in [0.5, 0.6) is 5.75 Å². The zero-order chi connectivity index (χ0) is 20.3. The first-order valence-corrected chi connectivity index (χ1v) is 10.8. The molecule has 0 amide bonds. The molecule has 1 aliphatic heterocycles. The second kappa shape index (κ2) is 9.32. The lowest BCUT2D eigenvalue weighted by atomic mass is 9.62. The molecule has 0 radical (unpaired) electrons. The predicted molar refractivity (Wildman–Crippen MR) is 111 cm³/mol. The van der Waals surface area contributed by atoms with Crippen molar-refractivity contribution in [3.63, 3.8) is 0 Å². The second-order valence-electron chi connectivity index (χ2n) is 9.09. The molecular formula is C24H36NO3-. The molecule has 4 heteroatoms. The molecule has 4 nitrogen and oxygen atoms in total. The van der Waals surface area contributed by atoms with Crippen molar-refractivity contribution >= 4 is 0 Å². The quantitative estimate of drug-likeness (QED) is 0.754. The minimum Gasteiger partial charge on any atom is -0.821 e. The van der Waals surface area contributed by atoms with Gasteiger partial charge in [0.15, 0.2) is 0 Å². The van der Waals surface area contributed by atoms with Gasteiger partial charge in [-0.1, -0.05) is 39.0 Å². The van der Waals surface area contributed by atoms with Crippen LogP contribution >= 0.6 is 0 Å². The summed E-state index contributed by atoms with van der Waals surface area (Å²) in [5.41, 5.74) is 7.37. The molecule has 0 spiro atoms. The molecule has 2 fully saturated rings. The fourth-order valence-electron chi connectivity index (χ4n) is 5.20. The first kappa shape index (κ1) is 21.2. The predicted octanol–water partition coefficient (Wildman–Crippen LogP) is 3.88. The Bertz CT molecular complexity index is 644. The maximum absolute atomic E-state index is 13.0. The molecule has 1 heterocycles. The molecule has 7 atom stereocenters. The maximum atomic E-state index is 13.0. The number of allylic oxidation sites excluding steroid dienone is 1. The van der Waals surface area contributed by atoms with Crippen molar-refractivity contribution in [1.82, 2.24) is 0 Å². The average molecular weight is 387 g/mol. The molecule has 2 N–H and O–H groups in total. The Balaban J connectivity index is 1.64. The van der Waals surface area contributed by atoms with Crippen LogP contribution in [0.3, 0.4) is 0 Å². The van der Waals surface area contributed by atoms with E-state index in [4.69, 9.17) is 15.2 Å². The number of hydrogen-bond acceptors (Lipinski definition) is 4. The van der Waals surface area contributed by atoms with E-state index in [1.54, 1.807) is 0 Å². The van der Waals surface area contributed by atoms with E-state index in [2.05, 4.69) is 27.4 Å². The molecule has 0 bridgehead atoms. The molecule has 2 aliphatic rings. The van der Waals surface area contributed by atoms with E-state index in [9.17, 15) is 5.11 Å². The Morgan fingerprint density at radius 1 is 1.18 bits per heavy atom. The van der Waals surface area contributed by atoms with Gasteiger partial charge in [-0.25, -0.2) is 0 Å². The largest absolute Gasteiger partial charge is 0.821 e. The second-order valence-corrected chi connectivity index (χ2v) is 9.09. The lowest BCUT2D eigenvalue weighted by molar-refractivity contribution is -0.489. The van der Waals surface area contributed by atoms with Gasteiger partial charge in [-0.05, 0) is 73.5 Å². The van der Waals surface area contributed by atoms with Gasteiger partial charge in [0, 0.05) is 18.4 Å². The Morgan fingerprint density at radius 2 is 1.89 bits per heavy atom. The van der Waals surface area contributed by atoms with E-state index in [1.165, 1.54) is 12.8 Å². The number of benzene rings is 1. The number of ether oxygens (including phenoxy) is 2. The standard InChI is InChI=1S/C24H36NO3/c1-15-5-11-22(23-14-27-17(3)6-12-21(15)23)18(4)24(26)28-20-9-7-19(8-10-20)13-16(2)25/h7-10,15,17-18,21-24H,2,5-6,11-14,25H2,1,3-4H3/q-1/t15-,17?,18-,21+,22+,23?,24-/m1/s1. The fraction of sp³-hybridized carbons (Fsp3) is 0.667. The number of rotatable bonds is 6. The van der Waals surface area contributed by atoms with Crippen LogP contribution in [0, 0.1) is 29.6 Å². The lowest BCUT2D eigenvalue weighted by Gasteiger charge is -2.46. The molecule has 1 saturated carbocycles. The van der Waals surface area contributed by atoms with Gasteiger partial charge in [0.25, 0.3) is 0 Å². The molecule has 28 heavy (non-hydrogen) atoms. The molecule has 1 aromatic rings. The normalized spacial score (nSPS) is 32.6. The smallest absolute Gasteiger partial charge is 0.117 e. The zero-order valence-corrected chi connectivity index (χ0v) is 17.6. The van der Waals surface area contributed by atoms with Crippen LogP contribution < -0.4 is 15.6 Å². The SMILES string of the molecule is C=C(N)Cc1ccc(O[C@@H]([O-])[C@H](C)[C@@H]2CC[C@@H](C)[C@@H]3CCC(C)OCC23)cc1.